The van der Waals surface area contributed by atoms with E-state index < -0.39 is 23.5 Å². The van der Waals surface area contributed by atoms with Crippen LogP contribution in [0.25, 0.3) is 0 Å². The fraction of sp³-hybridized carbons (Fsp3) is 0.125. The molecule has 0 unspecified atom stereocenters. The van der Waals surface area contributed by atoms with Gasteiger partial charge in [0.2, 0.25) is 0 Å². The molecule has 0 heterocycles. The van der Waals surface area contributed by atoms with E-state index in [1.165, 1.54) is 12.1 Å². The molecule has 2 aromatic rings. The first-order valence-electron chi connectivity index (χ1n) is 6.54. The van der Waals surface area contributed by atoms with Crippen LogP contribution in [0.15, 0.2) is 42.5 Å². The van der Waals surface area contributed by atoms with Crippen LogP contribution in [0.5, 0.6) is 0 Å². The van der Waals surface area contributed by atoms with Gasteiger partial charge in [0.25, 0.3) is 5.91 Å². The molecule has 4 nitrogen and oxygen atoms in total. The molecule has 22 heavy (non-hydrogen) atoms. The maximum absolute atomic E-state index is 13.1. The molecule has 0 bridgehead atoms. The molecule has 0 atom stereocenters. The summed E-state index contributed by atoms with van der Waals surface area (Å²) in [5, 5.41) is 2.47. The van der Waals surface area contributed by atoms with Crippen molar-refractivity contribution in [3.8, 4) is 0 Å². The van der Waals surface area contributed by atoms with Crippen molar-refractivity contribution in [1.29, 1.82) is 0 Å². The second-order valence-corrected chi connectivity index (χ2v) is 4.41. The Labute approximate surface area is 125 Å². The summed E-state index contributed by atoms with van der Waals surface area (Å²) in [5.41, 5.74) is 0.435. The summed E-state index contributed by atoms with van der Waals surface area (Å²) in [7, 11) is 0. The van der Waals surface area contributed by atoms with Crippen molar-refractivity contribution in [2.24, 2.45) is 0 Å². The lowest BCUT2D eigenvalue weighted by atomic mass is 10.1. The molecule has 0 aliphatic carbocycles. The Hall–Kier alpha value is -2.76. The highest BCUT2D eigenvalue weighted by Gasteiger charge is 2.11. The summed E-state index contributed by atoms with van der Waals surface area (Å²) in [6.07, 6.45) is 0. The summed E-state index contributed by atoms with van der Waals surface area (Å²) in [6, 6.07) is 8.60. The molecule has 6 heteroatoms. The fourth-order valence-electron chi connectivity index (χ4n) is 1.83. The lowest BCUT2D eigenvalue weighted by Gasteiger charge is -2.07. The third-order valence-corrected chi connectivity index (χ3v) is 2.76. The number of anilines is 1. The highest BCUT2D eigenvalue weighted by atomic mass is 19.1. The van der Waals surface area contributed by atoms with Crippen LogP contribution in [0.2, 0.25) is 0 Å². The number of hydrogen-bond donors (Lipinski definition) is 1. The predicted octanol–water partition coefficient (Wildman–Crippen LogP) is 3.39. The molecule has 0 saturated heterocycles. The van der Waals surface area contributed by atoms with Crippen LogP contribution in [0.1, 0.15) is 27.6 Å². The Morgan fingerprint density at radius 2 is 1.73 bits per heavy atom. The average Bonchev–Trinajstić information content (AvgIpc) is 2.46. The number of esters is 1. The maximum atomic E-state index is 13.1. The third kappa shape index (κ3) is 3.88. The first-order valence-corrected chi connectivity index (χ1v) is 6.54. The third-order valence-electron chi connectivity index (χ3n) is 2.76. The highest BCUT2D eigenvalue weighted by molar-refractivity contribution is 6.04. The van der Waals surface area contributed by atoms with Crippen LogP contribution < -0.4 is 5.32 Å². The van der Waals surface area contributed by atoms with Crippen molar-refractivity contribution in [3.05, 3.63) is 65.2 Å². The van der Waals surface area contributed by atoms with Gasteiger partial charge in [-0.1, -0.05) is 6.07 Å². The van der Waals surface area contributed by atoms with Gasteiger partial charge in [0.15, 0.2) is 0 Å². The molecule has 2 rings (SSSR count). The molecular weight excluding hydrogens is 292 g/mol. The van der Waals surface area contributed by atoms with E-state index in [4.69, 9.17) is 4.74 Å². The van der Waals surface area contributed by atoms with E-state index in [9.17, 15) is 18.4 Å². The number of hydrogen-bond acceptors (Lipinski definition) is 3. The van der Waals surface area contributed by atoms with E-state index in [1.54, 1.807) is 19.1 Å². The Kier molecular flexibility index (Phi) is 4.83. The van der Waals surface area contributed by atoms with Crippen LogP contribution in [0.3, 0.4) is 0 Å². The molecule has 1 amide bonds. The minimum Gasteiger partial charge on any atom is -0.462 e. The van der Waals surface area contributed by atoms with Gasteiger partial charge < -0.3 is 10.1 Å². The summed E-state index contributed by atoms with van der Waals surface area (Å²) in [4.78, 5) is 23.6. The zero-order chi connectivity index (χ0) is 16.1. The Morgan fingerprint density at radius 3 is 2.36 bits per heavy atom. The minimum absolute atomic E-state index is 0.154. The number of carbonyl (C=O) groups is 2. The van der Waals surface area contributed by atoms with Crippen molar-refractivity contribution in [1.82, 2.24) is 0 Å². The van der Waals surface area contributed by atoms with Crippen LogP contribution in [-0.2, 0) is 4.74 Å². The van der Waals surface area contributed by atoms with Gasteiger partial charge in [-0.2, -0.15) is 0 Å². The zero-order valence-electron chi connectivity index (χ0n) is 11.7. The van der Waals surface area contributed by atoms with Crippen molar-refractivity contribution < 1.29 is 23.1 Å². The molecule has 2 aromatic carbocycles. The van der Waals surface area contributed by atoms with Gasteiger partial charge in [0.05, 0.1) is 12.2 Å². The SMILES string of the molecule is CCOC(=O)c1cccc(NC(=O)c2cc(F)cc(F)c2)c1. The summed E-state index contributed by atoms with van der Waals surface area (Å²) < 4.78 is 31.1. The molecule has 0 spiro atoms. The van der Waals surface area contributed by atoms with Crippen LogP contribution in [-0.4, -0.2) is 18.5 Å². The molecule has 0 saturated carbocycles. The minimum atomic E-state index is -0.842. The van der Waals surface area contributed by atoms with E-state index in [2.05, 4.69) is 5.32 Å². The second-order valence-electron chi connectivity index (χ2n) is 4.41. The number of benzene rings is 2. The molecule has 0 fully saturated rings. The van der Waals surface area contributed by atoms with E-state index in [-0.39, 0.29) is 17.7 Å². The summed E-state index contributed by atoms with van der Waals surface area (Å²) >= 11 is 0. The smallest absolute Gasteiger partial charge is 0.338 e. The topological polar surface area (TPSA) is 55.4 Å². The van der Waals surface area contributed by atoms with Crippen molar-refractivity contribution >= 4 is 17.6 Å². The number of rotatable bonds is 4. The Morgan fingerprint density at radius 1 is 1.05 bits per heavy atom. The zero-order valence-corrected chi connectivity index (χ0v) is 11.7. The largest absolute Gasteiger partial charge is 0.462 e. The Balaban J connectivity index is 2.18. The van der Waals surface area contributed by atoms with Gasteiger partial charge in [0.1, 0.15) is 11.6 Å². The molecule has 0 aromatic heterocycles. The van der Waals surface area contributed by atoms with Crippen LogP contribution >= 0.6 is 0 Å². The fourth-order valence-corrected chi connectivity index (χ4v) is 1.83. The molecule has 1 N–H and O–H groups in total. The van der Waals surface area contributed by atoms with E-state index in [0.717, 1.165) is 12.1 Å². The number of carbonyl (C=O) groups excluding carboxylic acids is 2. The number of nitrogens with one attached hydrogen (secondary N) is 1. The monoisotopic (exact) mass is 305 g/mol. The quantitative estimate of drug-likeness (QED) is 0.881. The number of amides is 1. The first-order chi connectivity index (χ1) is 10.5. The maximum Gasteiger partial charge on any atom is 0.338 e. The molecule has 0 aliphatic heterocycles. The van der Waals surface area contributed by atoms with Crippen molar-refractivity contribution in [2.75, 3.05) is 11.9 Å². The highest BCUT2D eigenvalue weighted by Crippen LogP contribution is 2.14. The second kappa shape index (κ2) is 6.80. The van der Waals surface area contributed by atoms with E-state index in [1.807, 2.05) is 0 Å². The lowest BCUT2D eigenvalue weighted by molar-refractivity contribution is 0.0526. The van der Waals surface area contributed by atoms with Gasteiger partial charge in [-0.15, -0.1) is 0 Å². The summed E-state index contributed by atoms with van der Waals surface area (Å²) in [5.74, 6) is -2.88. The van der Waals surface area contributed by atoms with Gasteiger partial charge in [-0.3, -0.25) is 4.79 Å². The van der Waals surface area contributed by atoms with Crippen LogP contribution in [0.4, 0.5) is 14.5 Å². The van der Waals surface area contributed by atoms with Crippen molar-refractivity contribution in [2.45, 2.75) is 6.92 Å². The van der Waals surface area contributed by atoms with E-state index >= 15 is 0 Å². The Bertz CT molecular complexity index is 696. The molecule has 114 valence electrons. The van der Waals surface area contributed by atoms with E-state index in [0.29, 0.717) is 11.8 Å². The van der Waals surface area contributed by atoms with Gasteiger partial charge >= 0.3 is 5.97 Å². The normalized spacial score (nSPS) is 10.1. The van der Waals surface area contributed by atoms with Crippen molar-refractivity contribution in [3.63, 3.8) is 0 Å². The van der Waals surface area contributed by atoms with Crippen LogP contribution in [0, 0.1) is 11.6 Å². The number of halogens is 2. The van der Waals surface area contributed by atoms with Gasteiger partial charge in [0, 0.05) is 17.3 Å². The lowest BCUT2D eigenvalue weighted by Crippen LogP contribution is -2.13. The molecule has 0 radical (unpaired) electrons. The average molecular weight is 305 g/mol. The summed E-state index contributed by atoms with van der Waals surface area (Å²) in [6.45, 7) is 1.92. The predicted molar refractivity (Wildman–Crippen MR) is 76.7 cm³/mol. The van der Waals surface area contributed by atoms with Gasteiger partial charge in [-0.05, 0) is 37.3 Å². The first kappa shape index (κ1) is 15.6. The molecule has 0 aliphatic rings. The number of ether oxygens (including phenoxy) is 1. The molecular formula is C16H13F2NO3. The van der Waals surface area contributed by atoms with Gasteiger partial charge in [-0.25, -0.2) is 13.6 Å². The standard InChI is InChI=1S/C16H13F2NO3/c1-2-22-16(21)10-4-3-5-14(8-10)19-15(20)11-6-12(17)9-13(18)7-11/h3-9H,2H2,1H3,(H,19,20).